The monoisotopic (exact) mass is 273 g/mol. The van der Waals surface area contributed by atoms with E-state index in [2.05, 4.69) is 6.92 Å². The molecule has 17 heavy (non-hydrogen) atoms. The Labute approximate surface area is 110 Å². The van der Waals surface area contributed by atoms with Crippen LogP contribution in [0.5, 0.6) is 5.75 Å². The van der Waals surface area contributed by atoms with Gasteiger partial charge in [0.15, 0.2) is 0 Å². The van der Waals surface area contributed by atoms with Crippen molar-refractivity contribution < 1.29 is 9.53 Å². The highest BCUT2D eigenvalue weighted by Crippen LogP contribution is 2.29. The van der Waals surface area contributed by atoms with Gasteiger partial charge in [-0.1, -0.05) is 6.92 Å². The molecule has 0 N–H and O–H groups in total. The van der Waals surface area contributed by atoms with Crippen LogP contribution in [0.15, 0.2) is 11.4 Å². The first-order valence-electron chi connectivity index (χ1n) is 5.66. The first-order valence-corrected chi connectivity index (χ1v) is 7.08. The summed E-state index contributed by atoms with van der Waals surface area (Å²) in [6, 6.07) is 1.96. The van der Waals surface area contributed by atoms with Crippen LogP contribution < -0.4 is 4.74 Å². The molecule has 0 radical (unpaired) electrons. The molecule has 0 spiro atoms. The molecule has 1 aliphatic heterocycles. The van der Waals surface area contributed by atoms with Gasteiger partial charge in [0.25, 0.3) is 5.91 Å². The van der Waals surface area contributed by atoms with Gasteiger partial charge in [-0.3, -0.25) is 4.79 Å². The van der Waals surface area contributed by atoms with Crippen LogP contribution in [0.4, 0.5) is 0 Å². The maximum Gasteiger partial charge on any atom is 0.264 e. The summed E-state index contributed by atoms with van der Waals surface area (Å²) in [5.41, 5.74) is 0. The molecule has 0 aliphatic carbocycles. The van der Waals surface area contributed by atoms with Crippen molar-refractivity contribution >= 4 is 28.8 Å². The summed E-state index contributed by atoms with van der Waals surface area (Å²) >= 11 is 7.37. The second kappa shape index (κ2) is 5.27. The zero-order chi connectivity index (χ0) is 12.4. The van der Waals surface area contributed by atoms with Crippen molar-refractivity contribution in [1.29, 1.82) is 0 Å². The maximum atomic E-state index is 12.3. The Morgan fingerprint density at radius 1 is 1.71 bits per heavy atom. The van der Waals surface area contributed by atoms with Crippen LogP contribution >= 0.6 is 22.9 Å². The largest absolute Gasteiger partial charge is 0.496 e. The molecule has 1 amide bonds. The lowest BCUT2D eigenvalue weighted by Crippen LogP contribution is -2.38. The third kappa shape index (κ3) is 2.43. The molecule has 2 heterocycles. The van der Waals surface area contributed by atoms with Crippen molar-refractivity contribution in [3.8, 4) is 5.75 Å². The molecule has 0 bridgehead atoms. The SMILES string of the molecule is COc1csc(C(=O)N2CCC(C)C2CCl)c1. The lowest BCUT2D eigenvalue weighted by Gasteiger charge is -2.24. The van der Waals surface area contributed by atoms with Gasteiger partial charge in [-0.2, -0.15) is 0 Å². The normalized spacial score (nSPS) is 24.1. The van der Waals surface area contributed by atoms with Gasteiger partial charge < -0.3 is 9.64 Å². The fourth-order valence-electron chi connectivity index (χ4n) is 2.18. The maximum absolute atomic E-state index is 12.3. The zero-order valence-electron chi connectivity index (χ0n) is 9.98. The van der Waals surface area contributed by atoms with Crippen molar-refractivity contribution in [1.82, 2.24) is 4.90 Å². The fraction of sp³-hybridized carbons (Fsp3) is 0.583. The number of methoxy groups -OCH3 is 1. The number of carbonyl (C=O) groups excluding carboxylic acids is 1. The molecule has 2 rings (SSSR count). The predicted molar refractivity (Wildman–Crippen MR) is 70.2 cm³/mol. The van der Waals surface area contributed by atoms with Gasteiger partial charge in [-0.25, -0.2) is 0 Å². The standard InChI is InChI=1S/C12H16ClNO2S/c1-8-3-4-14(10(8)6-13)12(15)11-5-9(16-2)7-17-11/h5,7-8,10H,3-4,6H2,1-2H3. The quantitative estimate of drug-likeness (QED) is 0.793. The highest BCUT2D eigenvalue weighted by Gasteiger charge is 2.34. The van der Waals surface area contributed by atoms with Crippen LogP contribution in [-0.4, -0.2) is 36.4 Å². The Bertz CT molecular complexity index is 407. The fourth-order valence-corrected chi connectivity index (χ4v) is 3.46. The average molecular weight is 274 g/mol. The van der Waals surface area contributed by atoms with E-state index in [0.29, 0.717) is 11.8 Å². The molecule has 0 saturated carbocycles. The molecule has 94 valence electrons. The minimum Gasteiger partial charge on any atom is -0.496 e. The number of rotatable bonds is 3. The summed E-state index contributed by atoms with van der Waals surface area (Å²) in [6.07, 6.45) is 1.03. The minimum absolute atomic E-state index is 0.0771. The molecule has 5 heteroatoms. The first-order chi connectivity index (χ1) is 8.17. The van der Waals surface area contributed by atoms with Gasteiger partial charge in [0.05, 0.1) is 12.0 Å². The van der Waals surface area contributed by atoms with Crippen LogP contribution in [0.1, 0.15) is 23.0 Å². The average Bonchev–Trinajstić information content (AvgIpc) is 2.94. The highest BCUT2D eigenvalue weighted by molar-refractivity contribution is 7.12. The molecule has 1 saturated heterocycles. The number of hydrogen-bond acceptors (Lipinski definition) is 3. The number of amides is 1. The van der Waals surface area contributed by atoms with Crippen LogP contribution in [0.3, 0.4) is 0 Å². The van der Waals surface area contributed by atoms with Crippen molar-refractivity contribution in [2.45, 2.75) is 19.4 Å². The van der Waals surface area contributed by atoms with Crippen molar-refractivity contribution in [3.05, 3.63) is 16.3 Å². The number of likely N-dealkylation sites (tertiary alicyclic amines) is 1. The molecule has 1 aliphatic rings. The van der Waals surface area contributed by atoms with E-state index in [4.69, 9.17) is 16.3 Å². The third-order valence-corrected chi connectivity index (χ3v) is 4.54. The van der Waals surface area contributed by atoms with Gasteiger partial charge in [-0.05, 0) is 12.3 Å². The molecule has 2 atom stereocenters. The summed E-state index contributed by atoms with van der Waals surface area (Å²) in [5, 5.41) is 1.85. The molecule has 2 unspecified atom stereocenters. The summed E-state index contributed by atoms with van der Waals surface area (Å²) in [4.78, 5) is 14.9. The lowest BCUT2D eigenvalue weighted by atomic mass is 10.1. The highest BCUT2D eigenvalue weighted by atomic mass is 35.5. The number of alkyl halides is 1. The number of carbonyl (C=O) groups is 1. The Morgan fingerprint density at radius 2 is 2.47 bits per heavy atom. The lowest BCUT2D eigenvalue weighted by molar-refractivity contribution is 0.0741. The van der Waals surface area contributed by atoms with Crippen LogP contribution in [0.2, 0.25) is 0 Å². The smallest absolute Gasteiger partial charge is 0.264 e. The summed E-state index contributed by atoms with van der Waals surface area (Å²) in [6.45, 7) is 2.95. The van der Waals surface area contributed by atoms with Gasteiger partial charge in [0, 0.05) is 29.9 Å². The second-order valence-corrected chi connectivity index (χ2v) is 5.56. The number of thiophene rings is 1. The number of ether oxygens (including phenoxy) is 1. The van der Waals surface area contributed by atoms with Gasteiger partial charge in [-0.15, -0.1) is 22.9 Å². The number of nitrogens with zero attached hydrogens (tertiary/aromatic N) is 1. The van der Waals surface area contributed by atoms with Gasteiger partial charge >= 0.3 is 0 Å². The van der Waals surface area contributed by atoms with E-state index in [1.54, 1.807) is 13.2 Å². The first kappa shape index (κ1) is 12.7. The Hall–Kier alpha value is -0.740. The molecule has 1 fully saturated rings. The van der Waals surface area contributed by atoms with Crippen LogP contribution in [0.25, 0.3) is 0 Å². The van der Waals surface area contributed by atoms with Crippen molar-refractivity contribution in [3.63, 3.8) is 0 Å². The Kier molecular flexibility index (Phi) is 3.94. The van der Waals surface area contributed by atoms with E-state index in [9.17, 15) is 4.79 Å². The molecule has 0 aromatic carbocycles. The summed E-state index contributed by atoms with van der Waals surface area (Å²) in [7, 11) is 1.61. The van der Waals surface area contributed by atoms with E-state index >= 15 is 0 Å². The van der Waals surface area contributed by atoms with E-state index in [0.717, 1.165) is 23.6 Å². The van der Waals surface area contributed by atoms with Crippen molar-refractivity contribution in [2.24, 2.45) is 5.92 Å². The Balaban J connectivity index is 2.14. The minimum atomic E-state index is 0.0771. The van der Waals surface area contributed by atoms with E-state index in [1.165, 1.54) is 11.3 Å². The van der Waals surface area contributed by atoms with Gasteiger partial charge in [0.1, 0.15) is 5.75 Å². The van der Waals surface area contributed by atoms with Crippen LogP contribution in [-0.2, 0) is 0 Å². The number of hydrogen-bond donors (Lipinski definition) is 0. The second-order valence-electron chi connectivity index (χ2n) is 4.34. The van der Waals surface area contributed by atoms with E-state index < -0.39 is 0 Å². The molecular formula is C12H16ClNO2S. The zero-order valence-corrected chi connectivity index (χ0v) is 11.6. The topological polar surface area (TPSA) is 29.5 Å². The van der Waals surface area contributed by atoms with E-state index in [1.807, 2.05) is 10.3 Å². The van der Waals surface area contributed by atoms with E-state index in [-0.39, 0.29) is 11.9 Å². The predicted octanol–water partition coefficient (Wildman–Crippen LogP) is 2.85. The number of halogens is 1. The molecule has 1 aromatic heterocycles. The Morgan fingerprint density at radius 3 is 3.06 bits per heavy atom. The molecule has 3 nitrogen and oxygen atoms in total. The van der Waals surface area contributed by atoms with Gasteiger partial charge in [0.2, 0.25) is 0 Å². The van der Waals surface area contributed by atoms with Crippen molar-refractivity contribution in [2.75, 3.05) is 19.5 Å². The molecular weight excluding hydrogens is 258 g/mol. The molecule has 1 aromatic rings. The third-order valence-electron chi connectivity index (χ3n) is 3.32. The summed E-state index contributed by atoms with van der Waals surface area (Å²) in [5.74, 6) is 1.81. The van der Waals surface area contributed by atoms with Crippen LogP contribution in [0, 0.1) is 5.92 Å². The summed E-state index contributed by atoms with van der Waals surface area (Å²) < 4.78 is 5.10.